The number of hydrogen-bond acceptors (Lipinski definition) is 2. The van der Waals surface area contributed by atoms with E-state index in [0.717, 1.165) is 24.1 Å². The summed E-state index contributed by atoms with van der Waals surface area (Å²) in [5.41, 5.74) is 2.84. The molecule has 3 nitrogen and oxygen atoms in total. The van der Waals surface area contributed by atoms with Crippen molar-refractivity contribution in [3.05, 3.63) is 69.6 Å². The molecule has 0 radical (unpaired) electrons. The van der Waals surface area contributed by atoms with E-state index in [9.17, 15) is 9.59 Å². The number of aromatic nitrogens is 1. The van der Waals surface area contributed by atoms with Gasteiger partial charge in [0.25, 0.3) is 5.56 Å². The number of hydrogen-bond donors (Lipinski definition) is 0. The topological polar surface area (TPSA) is 39.1 Å². The van der Waals surface area contributed by atoms with E-state index in [1.54, 1.807) is 17.6 Å². The lowest BCUT2D eigenvalue weighted by atomic mass is 9.96. The van der Waals surface area contributed by atoms with Crippen molar-refractivity contribution in [2.45, 2.75) is 47.1 Å². The zero-order chi connectivity index (χ0) is 19.1. The molecule has 1 atom stereocenters. The molecular weight excluding hydrogens is 322 g/mol. The van der Waals surface area contributed by atoms with E-state index in [4.69, 9.17) is 0 Å². The number of Topliss-reactive ketones (excluding diaryl/α,β-unsaturated/α-hetero) is 1. The fourth-order valence-corrected chi connectivity index (χ4v) is 2.96. The van der Waals surface area contributed by atoms with Crippen LogP contribution in [0.4, 0.5) is 0 Å². The summed E-state index contributed by atoms with van der Waals surface area (Å²) in [6.45, 7) is 8.62. The standard InChI is InChI=1S/C23H27NO2/c1-17(2)16-24-12-11-22(15-23(24)26)10-7-20-5-8-21(9-6-20)14-18(3)13-19(4)25/h5-6,8-9,11-12,15,17-18H,13-14,16H2,1-4H3. The van der Waals surface area contributed by atoms with Crippen LogP contribution in [0.1, 0.15) is 50.8 Å². The first kappa shape index (κ1) is 19.7. The summed E-state index contributed by atoms with van der Waals surface area (Å²) in [7, 11) is 0. The molecule has 2 rings (SSSR count). The van der Waals surface area contributed by atoms with Gasteiger partial charge >= 0.3 is 0 Å². The summed E-state index contributed by atoms with van der Waals surface area (Å²) < 4.78 is 1.72. The van der Waals surface area contributed by atoms with Crippen molar-refractivity contribution < 1.29 is 4.79 Å². The quantitative estimate of drug-likeness (QED) is 0.738. The summed E-state index contributed by atoms with van der Waals surface area (Å²) in [6.07, 6.45) is 3.32. The largest absolute Gasteiger partial charge is 0.315 e. The molecule has 3 heteroatoms. The van der Waals surface area contributed by atoms with Gasteiger partial charge in [0.1, 0.15) is 5.78 Å². The molecule has 2 aromatic rings. The first-order chi connectivity index (χ1) is 12.3. The summed E-state index contributed by atoms with van der Waals surface area (Å²) in [5, 5.41) is 0. The van der Waals surface area contributed by atoms with Gasteiger partial charge in [-0.2, -0.15) is 0 Å². The molecule has 1 unspecified atom stereocenters. The number of pyridine rings is 1. The zero-order valence-electron chi connectivity index (χ0n) is 16.1. The third kappa shape index (κ3) is 6.37. The second-order valence-electron chi connectivity index (χ2n) is 7.46. The third-order valence-electron chi connectivity index (χ3n) is 4.08. The molecular formula is C23H27NO2. The Morgan fingerprint density at radius 1 is 1.04 bits per heavy atom. The molecule has 0 amide bonds. The highest BCUT2D eigenvalue weighted by Crippen LogP contribution is 2.13. The van der Waals surface area contributed by atoms with Crippen LogP contribution in [0.3, 0.4) is 0 Å². The number of carbonyl (C=O) groups excluding carboxylic acids is 1. The second kappa shape index (κ2) is 9.20. The molecule has 1 aromatic carbocycles. The Kier molecular flexibility index (Phi) is 6.97. The van der Waals surface area contributed by atoms with Crippen LogP contribution >= 0.6 is 0 Å². The Labute approximate surface area is 156 Å². The Balaban J connectivity index is 2.05. The van der Waals surface area contributed by atoms with Crippen LogP contribution in [0.25, 0.3) is 0 Å². The SMILES string of the molecule is CC(=O)CC(C)Cc1ccc(C#Cc2ccn(CC(C)C)c(=O)c2)cc1. The Bertz CT molecular complexity index is 864. The summed E-state index contributed by atoms with van der Waals surface area (Å²) in [5.74, 6) is 7.18. The number of benzene rings is 1. The van der Waals surface area contributed by atoms with Gasteiger partial charge < -0.3 is 9.36 Å². The van der Waals surface area contributed by atoms with Gasteiger partial charge in [-0.3, -0.25) is 4.79 Å². The van der Waals surface area contributed by atoms with E-state index in [2.05, 4.69) is 44.7 Å². The van der Waals surface area contributed by atoms with Gasteiger partial charge in [-0.25, -0.2) is 0 Å². The minimum absolute atomic E-state index is 0.0136. The Hall–Kier alpha value is -2.60. The van der Waals surface area contributed by atoms with Gasteiger partial charge in [-0.1, -0.05) is 44.7 Å². The molecule has 1 heterocycles. The van der Waals surface area contributed by atoms with Gasteiger partial charge in [0.2, 0.25) is 0 Å². The lowest BCUT2D eigenvalue weighted by molar-refractivity contribution is -0.117. The fraction of sp³-hybridized carbons (Fsp3) is 0.391. The van der Waals surface area contributed by atoms with E-state index in [1.165, 1.54) is 5.56 Å². The smallest absolute Gasteiger partial charge is 0.251 e. The normalized spacial score (nSPS) is 11.7. The average molecular weight is 349 g/mol. The van der Waals surface area contributed by atoms with Crippen molar-refractivity contribution in [1.82, 2.24) is 4.57 Å². The number of nitrogens with zero attached hydrogens (tertiary/aromatic N) is 1. The third-order valence-corrected chi connectivity index (χ3v) is 4.08. The Morgan fingerprint density at radius 3 is 2.27 bits per heavy atom. The van der Waals surface area contributed by atoms with Crippen molar-refractivity contribution in [2.24, 2.45) is 11.8 Å². The van der Waals surface area contributed by atoms with Crippen LogP contribution in [-0.2, 0) is 17.8 Å². The maximum absolute atomic E-state index is 12.1. The van der Waals surface area contributed by atoms with Gasteiger partial charge in [0, 0.05) is 36.4 Å². The first-order valence-corrected chi connectivity index (χ1v) is 9.14. The minimum atomic E-state index is -0.0136. The van der Waals surface area contributed by atoms with Crippen LogP contribution in [-0.4, -0.2) is 10.4 Å². The van der Waals surface area contributed by atoms with Crippen molar-refractivity contribution in [1.29, 1.82) is 0 Å². The zero-order valence-corrected chi connectivity index (χ0v) is 16.1. The molecule has 0 bridgehead atoms. The molecule has 0 aliphatic carbocycles. The number of rotatable bonds is 6. The molecule has 0 spiro atoms. The predicted molar refractivity (Wildman–Crippen MR) is 106 cm³/mol. The van der Waals surface area contributed by atoms with E-state index < -0.39 is 0 Å². The molecule has 0 saturated heterocycles. The highest BCUT2D eigenvalue weighted by molar-refractivity contribution is 5.75. The van der Waals surface area contributed by atoms with Crippen LogP contribution in [0, 0.1) is 23.7 Å². The van der Waals surface area contributed by atoms with E-state index >= 15 is 0 Å². The molecule has 1 aromatic heterocycles. The highest BCUT2D eigenvalue weighted by atomic mass is 16.1. The molecule has 26 heavy (non-hydrogen) atoms. The van der Waals surface area contributed by atoms with Gasteiger partial charge in [0.05, 0.1) is 0 Å². The second-order valence-corrected chi connectivity index (χ2v) is 7.46. The molecule has 0 aliphatic heterocycles. The monoisotopic (exact) mass is 349 g/mol. The van der Waals surface area contributed by atoms with Crippen LogP contribution in [0.5, 0.6) is 0 Å². The van der Waals surface area contributed by atoms with E-state index in [1.807, 2.05) is 24.4 Å². The van der Waals surface area contributed by atoms with Gasteiger partial charge in [-0.15, -0.1) is 0 Å². The van der Waals surface area contributed by atoms with E-state index in [0.29, 0.717) is 18.3 Å². The van der Waals surface area contributed by atoms with Crippen LogP contribution in [0.15, 0.2) is 47.4 Å². The first-order valence-electron chi connectivity index (χ1n) is 9.14. The minimum Gasteiger partial charge on any atom is -0.315 e. The maximum Gasteiger partial charge on any atom is 0.251 e. The lowest BCUT2D eigenvalue weighted by Crippen LogP contribution is -2.21. The molecule has 0 saturated carbocycles. The van der Waals surface area contributed by atoms with E-state index in [-0.39, 0.29) is 11.3 Å². The van der Waals surface area contributed by atoms with Crippen LogP contribution < -0.4 is 5.56 Å². The fourth-order valence-electron chi connectivity index (χ4n) is 2.96. The summed E-state index contributed by atoms with van der Waals surface area (Å²) in [6, 6.07) is 11.6. The highest BCUT2D eigenvalue weighted by Gasteiger charge is 2.06. The van der Waals surface area contributed by atoms with Crippen molar-refractivity contribution in [2.75, 3.05) is 0 Å². The van der Waals surface area contributed by atoms with Gasteiger partial charge in [0.15, 0.2) is 0 Å². The molecule has 0 fully saturated rings. The summed E-state index contributed by atoms with van der Waals surface area (Å²) in [4.78, 5) is 23.3. The van der Waals surface area contributed by atoms with Crippen molar-refractivity contribution in [3.63, 3.8) is 0 Å². The predicted octanol–water partition coefficient (Wildman–Crippen LogP) is 4.06. The molecule has 0 aliphatic rings. The van der Waals surface area contributed by atoms with Crippen molar-refractivity contribution in [3.8, 4) is 11.8 Å². The maximum atomic E-state index is 12.1. The van der Waals surface area contributed by atoms with Crippen LogP contribution in [0.2, 0.25) is 0 Å². The average Bonchev–Trinajstić information content (AvgIpc) is 2.55. The summed E-state index contributed by atoms with van der Waals surface area (Å²) >= 11 is 0. The van der Waals surface area contributed by atoms with Crippen molar-refractivity contribution >= 4 is 5.78 Å². The number of ketones is 1. The molecule has 0 N–H and O–H groups in total. The Morgan fingerprint density at radius 2 is 1.69 bits per heavy atom. The van der Waals surface area contributed by atoms with Gasteiger partial charge in [-0.05, 0) is 48.9 Å². The lowest BCUT2D eigenvalue weighted by Gasteiger charge is -2.09. The molecule has 136 valence electrons. The number of carbonyl (C=O) groups is 1.